The summed E-state index contributed by atoms with van der Waals surface area (Å²) in [6.07, 6.45) is 7.37. The molecule has 0 amide bonds. The Kier molecular flexibility index (Phi) is 16.6. The minimum absolute atomic E-state index is 0.0173. The Bertz CT molecular complexity index is 2150. The molecule has 3 aromatic carbocycles. The SMILES string of the molecule is Cc1ccc2c(c1)[C@H]1OCC[C@H]1[C@@H](C(C)(C)CCC(=O)c1ccc(OCCOCCOCCN3CCO[C@H](COc4cc(C)c(Br)cc4CC(=O)Cc4cnc(C)cn4)C3)cc1)C2. The van der Waals surface area contributed by atoms with E-state index >= 15 is 0 Å². The van der Waals surface area contributed by atoms with Crippen molar-refractivity contribution in [1.82, 2.24) is 14.9 Å². The second kappa shape index (κ2) is 22.2. The first-order valence-electron chi connectivity index (χ1n) is 22.6. The zero-order chi connectivity index (χ0) is 44.3. The van der Waals surface area contributed by atoms with Crippen LogP contribution in [0.1, 0.15) is 88.8 Å². The minimum atomic E-state index is -0.0993. The molecule has 1 aliphatic carbocycles. The van der Waals surface area contributed by atoms with E-state index in [1.54, 1.807) is 12.4 Å². The van der Waals surface area contributed by atoms with Crippen molar-refractivity contribution in [2.75, 3.05) is 72.5 Å². The van der Waals surface area contributed by atoms with Gasteiger partial charge in [-0.25, -0.2) is 0 Å². The predicted octanol–water partition coefficient (Wildman–Crippen LogP) is 8.65. The molecule has 11 nitrogen and oxygen atoms in total. The molecule has 2 aliphatic heterocycles. The van der Waals surface area contributed by atoms with Crippen molar-refractivity contribution in [2.24, 2.45) is 17.3 Å². The predicted molar refractivity (Wildman–Crippen MR) is 246 cm³/mol. The highest BCUT2D eigenvalue weighted by molar-refractivity contribution is 9.10. The number of aromatic nitrogens is 2. The molecule has 0 saturated carbocycles. The van der Waals surface area contributed by atoms with E-state index in [1.807, 2.05) is 50.2 Å². The lowest BCUT2D eigenvalue weighted by Gasteiger charge is -2.44. The molecule has 0 bridgehead atoms. The van der Waals surface area contributed by atoms with Gasteiger partial charge >= 0.3 is 0 Å². The van der Waals surface area contributed by atoms with Crippen LogP contribution in [-0.4, -0.2) is 105 Å². The van der Waals surface area contributed by atoms with Crippen LogP contribution >= 0.6 is 15.9 Å². The van der Waals surface area contributed by atoms with Crippen LogP contribution in [0, 0.1) is 38.0 Å². The van der Waals surface area contributed by atoms with Gasteiger partial charge in [0.15, 0.2) is 5.78 Å². The number of benzene rings is 3. The quantitative estimate of drug-likeness (QED) is 0.0557. The second-order valence-electron chi connectivity index (χ2n) is 18.1. The number of fused-ring (bicyclic) bond motifs is 3. The molecular formula is C51H64BrN3O8. The maximum Gasteiger partial charge on any atom is 0.162 e. The molecule has 3 heterocycles. The molecule has 0 radical (unpaired) electrons. The van der Waals surface area contributed by atoms with Gasteiger partial charge in [-0.05, 0) is 110 Å². The van der Waals surface area contributed by atoms with Crippen LogP contribution in [-0.2, 0) is 43.0 Å². The van der Waals surface area contributed by atoms with E-state index in [1.165, 1.54) is 16.7 Å². The fraction of sp³-hybridized carbons (Fsp3) is 0.529. The summed E-state index contributed by atoms with van der Waals surface area (Å²) in [5.74, 6) is 2.61. The number of ketones is 2. The highest BCUT2D eigenvalue weighted by Crippen LogP contribution is 2.53. The van der Waals surface area contributed by atoms with Crippen LogP contribution in [0.15, 0.2) is 71.5 Å². The molecule has 0 spiro atoms. The lowest BCUT2D eigenvalue weighted by molar-refractivity contribution is -0.117. The van der Waals surface area contributed by atoms with Gasteiger partial charge in [0.25, 0.3) is 0 Å². The van der Waals surface area contributed by atoms with Gasteiger partial charge in [0.05, 0.1) is 56.9 Å². The third-order valence-electron chi connectivity index (χ3n) is 12.9. The van der Waals surface area contributed by atoms with Gasteiger partial charge in [-0.15, -0.1) is 0 Å². The Balaban J connectivity index is 0.746. The third kappa shape index (κ3) is 13.0. The van der Waals surface area contributed by atoms with Crippen molar-refractivity contribution >= 4 is 27.5 Å². The normalized spacial score (nSPS) is 20.0. The summed E-state index contributed by atoms with van der Waals surface area (Å²) in [6.45, 7) is 17.3. The van der Waals surface area contributed by atoms with Gasteiger partial charge in [0.2, 0.25) is 0 Å². The largest absolute Gasteiger partial charge is 0.491 e. The number of morpholine rings is 1. The Morgan fingerprint density at radius 2 is 1.67 bits per heavy atom. The van der Waals surface area contributed by atoms with E-state index in [4.69, 9.17) is 28.4 Å². The number of carbonyl (C=O) groups is 2. The first-order valence-corrected chi connectivity index (χ1v) is 23.4. The van der Waals surface area contributed by atoms with Gasteiger partial charge in [0.1, 0.15) is 36.6 Å². The summed E-state index contributed by atoms with van der Waals surface area (Å²) < 4.78 is 37.1. The number of nitrogens with zero attached hydrogens (tertiary/aromatic N) is 3. The molecule has 2 saturated heterocycles. The molecule has 2 fully saturated rings. The second-order valence-corrected chi connectivity index (χ2v) is 19.0. The Morgan fingerprint density at radius 1 is 0.873 bits per heavy atom. The van der Waals surface area contributed by atoms with Gasteiger partial charge in [-0.1, -0.05) is 53.5 Å². The van der Waals surface area contributed by atoms with Crippen molar-refractivity contribution in [1.29, 1.82) is 0 Å². The van der Waals surface area contributed by atoms with E-state index < -0.39 is 0 Å². The van der Waals surface area contributed by atoms with Crippen LogP contribution in [0.25, 0.3) is 0 Å². The third-order valence-corrected chi connectivity index (χ3v) is 13.7. The molecule has 0 N–H and O–H groups in total. The molecule has 7 rings (SSSR count). The van der Waals surface area contributed by atoms with E-state index in [9.17, 15) is 9.59 Å². The first kappa shape index (κ1) is 46.9. The van der Waals surface area contributed by atoms with Gasteiger partial charge in [-0.2, -0.15) is 0 Å². The Morgan fingerprint density at radius 3 is 2.46 bits per heavy atom. The molecule has 0 unspecified atom stereocenters. The van der Waals surface area contributed by atoms with Crippen molar-refractivity contribution in [3.05, 3.63) is 116 Å². The van der Waals surface area contributed by atoms with Crippen LogP contribution < -0.4 is 9.47 Å². The maximum absolute atomic E-state index is 13.3. The summed E-state index contributed by atoms with van der Waals surface area (Å²) >= 11 is 3.61. The van der Waals surface area contributed by atoms with E-state index in [0.29, 0.717) is 75.9 Å². The van der Waals surface area contributed by atoms with Gasteiger partial charge < -0.3 is 28.4 Å². The van der Waals surface area contributed by atoms with Crippen LogP contribution in [0.3, 0.4) is 0 Å². The minimum Gasteiger partial charge on any atom is -0.491 e. The van der Waals surface area contributed by atoms with E-state index in [-0.39, 0.29) is 42.0 Å². The average molecular weight is 927 g/mol. The highest BCUT2D eigenvalue weighted by atomic mass is 79.9. The zero-order valence-corrected chi connectivity index (χ0v) is 39.3. The van der Waals surface area contributed by atoms with Crippen LogP contribution in [0.4, 0.5) is 0 Å². The summed E-state index contributed by atoms with van der Waals surface area (Å²) in [5.41, 5.74) is 8.14. The zero-order valence-electron chi connectivity index (χ0n) is 37.7. The lowest BCUT2D eigenvalue weighted by Crippen LogP contribution is -2.46. The Labute approximate surface area is 381 Å². The van der Waals surface area contributed by atoms with E-state index in [2.05, 4.69) is 69.8 Å². The fourth-order valence-corrected chi connectivity index (χ4v) is 9.60. The number of Topliss-reactive ketones (excluding diaryl/α,β-unsaturated/α-hetero) is 2. The number of rotatable bonds is 22. The summed E-state index contributed by atoms with van der Waals surface area (Å²) in [7, 11) is 0. The van der Waals surface area contributed by atoms with Crippen molar-refractivity contribution in [3.63, 3.8) is 0 Å². The summed E-state index contributed by atoms with van der Waals surface area (Å²) in [6, 6.07) is 18.2. The van der Waals surface area contributed by atoms with Crippen molar-refractivity contribution in [2.45, 2.75) is 85.4 Å². The monoisotopic (exact) mass is 925 g/mol. The molecule has 4 aromatic rings. The number of halogens is 1. The molecule has 3 aliphatic rings. The van der Waals surface area contributed by atoms with Crippen LogP contribution in [0.2, 0.25) is 0 Å². The van der Waals surface area contributed by atoms with Gasteiger partial charge in [-0.3, -0.25) is 24.5 Å². The molecule has 63 heavy (non-hydrogen) atoms. The van der Waals surface area contributed by atoms with Crippen molar-refractivity contribution < 1.29 is 38.0 Å². The molecule has 1 aromatic heterocycles. The molecule has 12 heteroatoms. The Hall–Kier alpha value is -4.04. The number of hydrogen-bond donors (Lipinski definition) is 0. The average Bonchev–Trinajstić information content (AvgIpc) is 3.77. The molecule has 4 atom stereocenters. The summed E-state index contributed by atoms with van der Waals surface area (Å²) in [5, 5.41) is 0. The maximum atomic E-state index is 13.3. The number of ether oxygens (including phenoxy) is 6. The number of aryl methyl sites for hydroxylation is 3. The number of carbonyl (C=O) groups excluding carboxylic acids is 2. The van der Waals surface area contributed by atoms with Crippen LogP contribution in [0.5, 0.6) is 11.5 Å². The highest BCUT2D eigenvalue weighted by Gasteiger charge is 2.46. The van der Waals surface area contributed by atoms with Crippen molar-refractivity contribution in [3.8, 4) is 11.5 Å². The van der Waals surface area contributed by atoms with E-state index in [0.717, 1.165) is 78.1 Å². The molecule has 338 valence electrons. The summed E-state index contributed by atoms with van der Waals surface area (Å²) in [4.78, 5) is 37.2. The lowest BCUT2D eigenvalue weighted by atomic mass is 9.61. The van der Waals surface area contributed by atoms with Gasteiger partial charge in [0, 0.05) is 67.1 Å². The fourth-order valence-electron chi connectivity index (χ4n) is 9.21. The standard InChI is InChI=1S/C51H64BrN3O8/c1-34-6-7-38-27-46(44-13-17-62-50(44)45(38)24-34)51(4,5)14-12-48(57)37-8-10-42(11-9-37)61-23-22-59-21-20-58-18-15-55-16-19-60-43(32-55)33-63-49-25-35(2)47(52)28-39(49)26-41(56)29-40-31-53-36(3)30-54-40/h6-11,24-25,28,30-31,43-44,46,50H,12-23,26-27,29,32-33H2,1-5H3/t43-,44-,46-,50-/m0/s1. The first-order chi connectivity index (χ1) is 30.4. The number of hydrogen-bond acceptors (Lipinski definition) is 11. The topological polar surface area (TPSA) is 119 Å². The molecular weight excluding hydrogens is 862 g/mol. The smallest absolute Gasteiger partial charge is 0.162 e.